The number of oxime groups is 1. The van der Waals surface area contributed by atoms with E-state index in [0.717, 1.165) is 11.5 Å². The lowest BCUT2D eigenvalue weighted by Gasteiger charge is -2.17. The van der Waals surface area contributed by atoms with Gasteiger partial charge in [-0.3, -0.25) is 0 Å². The number of aromatic nitrogens is 4. The summed E-state index contributed by atoms with van der Waals surface area (Å²) < 4.78 is 1.93. The molecule has 2 aromatic rings. The van der Waals surface area contributed by atoms with E-state index in [1.165, 1.54) is 0 Å². The Hall–Kier alpha value is -2.64. The Morgan fingerprint density at radius 3 is 2.85 bits per heavy atom. The second-order valence-electron chi connectivity index (χ2n) is 4.49. The highest BCUT2D eigenvalue weighted by atomic mass is 16.4. The van der Waals surface area contributed by atoms with Gasteiger partial charge in [0.15, 0.2) is 5.84 Å². The van der Waals surface area contributed by atoms with E-state index in [1.807, 2.05) is 36.7 Å². The molecule has 2 rings (SSSR count). The first-order valence-corrected chi connectivity index (χ1v) is 6.02. The molecule has 0 saturated heterocycles. The summed E-state index contributed by atoms with van der Waals surface area (Å²) in [7, 11) is 3.79. The van der Waals surface area contributed by atoms with Gasteiger partial charge in [0, 0.05) is 32.2 Å². The van der Waals surface area contributed by atoms with Crippen molar-refractivity contribution in [3.05, 3.63) is 35.7 Å². The highest BCUT2D eigenvalue weighted by Crippen LogP contribution is 2.11. The molecule has 2 heterocycles. The van der Waals surface area contributed by atoms with Gasteiger partial charge in [-0.1, -0.05) is 5.16 Å². The molecule has 2 aromatic heterocycles. The number of amidine groups is 1. The molecule has 0 spiro atoms. The number of hydrogen-bond donors (Lipinski definition) is 2. The molecular formula is C12H17N7O. The van der Waals surface area contributed by atoms with Crippen LogP contribution in [0.2, 0.25) is 0 Å². The van der Waals surface area contributed by atoms with Crippen molar-refractivity contribution in [3.63, 3.8) is 0 Å². The minimum absolute atomic E-state index is 0.0397. The Morgan fingerprint density at radius 1 is 1.50 bits per heavy atom. The third-order valence-corrected chi connectivity index (χ3v) is 2.85. The number of aryl methyl sites for hydroxylation is 2. The molecular weight excluding hydrogens is 258 g/mol. The second-order valence-corrected chi connectivity index (χ2v) is 4.49. The second kappa shape index (κ2) is 5.55. The molecule has 0 fully saturated rings. The number of anilines is 1. The Kier molecular flexibility index (Phi) is 3.83. The maximum Gasteiger partial charge on any atom is 0.226 e. The molecule has 8 nitrogen and oxygen atoms in total. The first kappa shape index (κ1) is 13.8. The monoisotopic (exact) mass is 275 g/mol. The minimum atomic E-state index is -0.0397. The molecule has 0 aromatic carbocycles. The van der Waals surface area contributed by atoms with Gasteiger partial charge < -0.3 is 20.4 Å². The zero-order chi connectivity index (χ0) is 14.7. The van der Waals surface area contributed by atoms with E-state index in [0.29, 0.717) is 18.2 Å². The van der Waals surface area contributed by atoms with Crippen molar-refractivity contribution in [2.45, 2.75) is 13.5 Å². The van der Waals surface area contributed by atoms with Crippen LogP contribution in [0.15, 0.2) is 23.6 Å². The zero-order valence-corrected chi connectivity index (χ0v) is 11.6. The van der Waals surface area contributed by atoms with Crippen molar-refractivity contribution in [1.82, 2.24) is 19.5 Å². The smallest absolute Gasteiger partial charge is 0.226 e. The van der Waals surface area contributed by atoms with Gasteiger partial charge in [-0.15, -0.1) is 0 Å². The number of imidazole rings is 1. The van der Waals surface area contributed by atoms with E-state index in [2.05, 4.69) is 20.1 Å². The predicted octanol–water partition coefficient (Wildman–Crippen LogP) is 0.249. The largest absolute Gasteiger partial charge is 0.409 e. The van der Waals surface area contributed by atoms with Gasteiger partial charge in [0.05, 0.1) is 6.54 Å². The van der Waals surface area contributed by atoms with Crippen LogP contribution in [0.1, 0.15) is 17.2 Å². The van der Waals surface area contributed by atoms with Gasteiger partial charge in [0.1, 0.15) is 11.5 Å². The summed E-state index contributed by atoms with van der Waals surface area (Å²) in [4.78, 5) is 14.7. The van der Waals surface area contributed by atoms with Crippen LogP contribution < -0.4 is 10.6 Å². The van der Waals surface area contributed by atoms with Crippen LogP contribution in [-0.2, 0) is 13.6 Å². The minimum Gasteiger partial charge on any atom is -0.409 e. The third-order valence-electron chi connectivity index (χ3n) is 2.85. The van der Waals surface area contributed by atoms with Crippen molar-refractivity contribution < 1.29 is 5.21 Å². The average molecular weight is 275 g/mol. The summed E-state index contributed by atoms with van der Waals surface area (Å²) in [6.45, 7) is 2.39. The summed E-state index contributed by atoms with van der Waals surface area (Å²) in [6.07, 6.45) is 3.62. The fourth-order valence-corrected chi connectivity index (χ4v) is 1.74. The topological polar surface area (TPSA) is 105 Å². The molecule has 0 aliphatic rings. The van der Waals surface area contributed by atoms with E-state index >= 15 is 0 Å². The van der Waals surface area contributed by atoms with Gasteiger partial charge in [-0.2, -0.15) is 0 Å². The van der Waals surface area contributed by atoms with Crippen LogP contribution in [0.25, 0.3) is 0 Å². The van der Waals surface area contributed by atoms with E-state index in [1.54, 1.807) is 12.3 Å². The highest BCUT2D eigenvalue weighted by molar-refractivity contribution is 5.95. The van der Waals surface area contributed by atoms with Crippen LogP contribution >= 0.6 is 0 Å². The Morgan fingerprint density at radius 2 is 2.25 bits per heavy atom. The highest BCUT2D eigenvalue weighted by Gasteiger charge is 2.12. The molecule has 0 amide bonds. The van der Waals surface area contributed by atoms with Crippen molar-refractivity contribution >= 4 is 11.8 Å². The summed E-state index contributed by atoms with van der Waals surface area (Å²) >= 11 is 0. The molecule has 0 aliphatic heterocycles. The van der Waals surface area contributed by atoms with E-state index in [9.17, 15) is 0 Å². The summed E-state index contributed by atoms with van der Waals surface area (Å²) in [5, 5.41) is 11.7. The van der Waals surface area contributed by atoms with Crippen molar-refractivity contribution in [1.29, 1.82) is 0 Å². The van der Waals surface area contributed by atoms with Crippen LogP contribution in [0.3, 0.4) is 0 Å². The van der Waals surface area contributed by atoms with E-state index in [-0.39, 0.29) is 5.84 Å². The quantitative estimate of drug-likeness (QED) is 0.358. The lowest BCUT2D eigenvalue weighted by molar-refractivity contribution is 0.318. The maximum absolute atomic E-state index is 8.73. The maximum atomic E-state index is 8.73. The Bertz CT molecular complexity index is 634. The van der Waals surface area contributed by atoms with Crippen LogP contribution in [0.4, 0.5) is 5.95 Å². The molecule has 3 N–H and O–H groups in total. The number of hydrogen-bond acceptors (Lipinski definition) is 6. The molecule has 20 heavy (non-hydrogen) atoms. The van der Waals surface area contributed by atoms with Gasteiger partial charge in [-0.25, -0.2) is 15.0 Å². The lowest BCUT2D eigenvalue weighted by atomic mass is 10.3. The van der Waals surface area contributed by atoms with E-state index in [4.69, 9.17) is 10.9 Å². The standard InChI is InChI=1S/C12H17N7O/c1-8-6-9(11(13)17-20)16-12(15-8)19(3)7-10-14-4-5-18(10)2/h4-6,20H,7H2,1-3H3,(H2,13,17). The molecule has 0 atom stereocenters. The van der Waals surface area contributed by atoms with Gasteiger partial charge in [-0.05, 0) is 13.0 Å². The SMILES string of the molecule is Cc1cc(/C(N)=N/O)nc(N(C)Cc2nccn2C)n1. The Labute approximate surface area is 116 Å². The normalized spacial score (nSPS) is 11.7. The lowest BCUT2D eigenvalue weighted by Crippen LogP contribution is -2.24. The van der Waals surface area contributed by atoms with Crippen molar-refractivity contribution in [2.24, 2.45) is 17.9 Å². The molecule has 8 heteroatoms. The third kappa shape index (κ3) is 2.85. The fraction of sp³-hybridized carbons (Fsp3) is 0.333. The van der Waals surface area contributed by atoms with Crippen molar-refractivity contribution in [3.8, 4) is 0 Å². The number of nitrogens with zero attached hydrogens (tertiary/aromatic N) is 6. The van der Waals surface area contributed by atoms with Crippen LogP contribution in [0.5, 0.6) is 0 Å². The molecule has 106 valence electrons. The number of nitrogens with two attached hydrogens (primary N) is 1. The predicted molar refractivity (Wildman–Crippen MR) is 74.6 cm³/mol. The summed E-state index contributed by atoms with van der Waals surface area (Å²) in [6, 6.07) is 1.66. The van der Waals surface area contributed by atoms with Gasteiger partial charge in [0.25, 0.3) is 0 Å². The summed E-state index contributed by atoms with van der Waals surface area (Å²) in [5.74, 6) is 1.35. The van der Waals surface area contributed by atoms with Gasteiger partial charge >= 0.3 is 0 Å². The van der Waals surface area contributed by atoms with Crippen molar-refractivity contribution in [2.75, 3.05) is 11.9 Å². The van der Waals surface area contributed by atoms with E-state index < -0.39 is 0 Å². The molecule has 0 saturated carbocycles. The zero-order valence-electron chi connectivity index (χ0n) is 11.6. The summed E-state index contributed by atoms with van der Waals surface area (Å²) in [5.41, 5.74) is 6.70. The first-order chi connectivity index (χ1) is 9.51. The van der Waals surface area contributed by atoms with Crippen LogP contribution in [-0.4, -0.2) is 37.6 Å². The molecule has 0 aliphatic carbocycles. The van der Waals surface area contributed by atoms with Gasteiger partial charge in [0.2, 0.25) is 5.95 Å². The number of rotatable bonds is 4. The van der Waals surface area contributed by atoms with Crippen LogP contribution in [0, 0.1) is 6.92 Å². The molecule has 0 bridgehead atoms. The molecule has 0 radical (unpaired) electrons. The molecule has 0 unspecified atom stereocenters. The first-order valence-electron chi connectivity index (χ1n) is 6.02. The average Bonchev–Trinajstić information content (AvgIpc) is 2.82. The fourth-order valence-electron chi connectivity index (χ4n) is 1.74. The Balaban J connectivity index is 2.28.